The van der Waals surface area contributed by atoms with E-state index in [4.69, 9.17) is 0 Å². The molecule has 1 N–H and O–H groups in total. The summed E-state index contributed by atoms with van der Waals surface area (Å²) >= 11 is 3.36. The number of likely N-dealkylation sites (tertiary alicyclic amines) is 1. The van der Waals surface area contributed by atoms with Crippen LogP contribution in [0, 0.1) is 11.3 Å². The maximum Gasteiger partial charge on any atom is 0.228 e. The Morgan fingerprint density at radius 1 is 1.16 bits per heavy atom. The fourth-order valence-corrected chi connectivity index (χ4v) is 6.15. The van der Waals surface area contributed by atoms with Crippen molar-refractivity contribution in [1.29, 1.82) is 0 Å². The lowest BCUT2D eigenvalue weighted by molar-refractivity contribution is -0.132. The summed E-state index contributed by atoms with van der Waals surface area (Å²) in [6, 6.07) is 16.1. The molecule has 1 saturated heterocycles. The zero-order chi connectivity index (χ0) is 22.1. The summed E-state index contributed by atoms with van der Waals surface area (Å²) in [4.78, 5) is 33.3. The first kappa shape index (κ1) is 21.5. The Morgan fingerprint density at radius 2 is 1.91 bits per heavy atom. The lowest BCUT2D eigenvalue weighted by Crippen LogP contribution is -2.40. The predicted octanol–water partition coefficient (Wildman–Crippen LogP) is 5.22. The number of carbonyl (C=O) groups excluding carboxylic acids is 2. The van der Waals surface area contributed by atoms with E-state index in [9.17, 15) is 9.59 Å². The van der Waals surface area contributed by atoms with Crippen LogP contribution in [0.25, 0.3) is 10.2 Å². The highest BCUT2D eigenvalue weighted by Gasteiger charge is 2.58. The molecule has 0 bridgehead atoms. The number of fused-ring (bicyclic) bond motifs is 1. The summed E-state index contributed by atoms with van der Waals surface area (Å²) in [5.41, 5.74) is 1.96. The van der Waals surface area contributed by atoms with Gasteiger partial charge in [-0.1, -0.05) is 12.1 Å². The first-order valence-corrected chi connectivity index (χ1v) is 13.2. The summed E-state index contributed by atoms with van der Waals surface area (Å²) in [7, 11) is 0. The summed E-state index contributed by atoms with van der Waals surface area (Å²) < 4.78 is 1.17. The van der Waals surface area contributed by atoms with Crippen LogP contribution in [0.1, 0.15) is 30.7 Å². The van der Waals surface area contributed by atoms with Gasteiger partial charge in [0, 0.05) is 42.4 Å². The molecule has 1 aromatic heterocycles. The number of rotatable bonds is 6. The summed E-state index contributed by atoms with van der Waals surface area (Å²) in [6.45, 7) is 1.51. The van der Waals surface area contributed by atoms with E-state index in [-0.39, 0.29) is 23.1 Å². The van der Waals surface area contributed by atoms with Gasteiger partial charge in [-0.3, -0.25) is 9.59 Å². The van der Waals surface area contributed by atoms with E-state index in [2.05, 4.69) is 16.4 Å². The third-order valence-corrected chi connectivity index (χ3v) is 8.71. The van der Waals surface area contributed by atoms with Crippen LogP contribution >= 0.6 is 23.1 Å². The molecule has 1 spiro atoms. The lowest BCUT2D eigenvalue weighted by atomic mass is 9.90. The van der Waals surface area contributed by atoms with Gasteiger partial charge in [0.1, 0.15) is 0 Å². The van der Waals surface area contributed by atoms with Crippen molar-refractivity contribution >= 4 is 50.8 Å². The van der Waals surface area contributed by atoms with Crippen molar-refractivity contribution in [3.05, 3.63) is 53.5 Å². The number of para-hydroxylation sites is 1. The molecule has 1 saturated carbocycles. The van der Waals surface area contributed by atoms with Crippen LogP contribution in [0.5, 0.6) is 0 Å². The van der Waals surface area contributed by atoms with Crippen molar-refractivity contribution in [1.82, 2.24) is 9.88 Å². The van der Waals surface area contributed by atoms with Crippen molar-refractivity contribution in [2.45, 2.75) is 37.0 Å². The number of anilines is 1. The fraction of sp³-hybridized carbons (Fsp3) is 0.400. The molecule has 2 amide bonds. The van der Waals surface area contributed by atoms with E-state index in [1.807, 2.05) is 53.6 Å². The number of piperidine rings is 1. The largest absolute Gasteiger partial charge is 0.343 e. The Kier molecular flexibility index (Phi) is 5.95. The highest BCUT2D eigenvalue weighted by molar-refractivity contribution is 7.98. The van der Waals surface area contributed by atoms with Crippen LogP contribution in [-0.4, -0.2) is 41.0 Å². The maximum atomic E-state index is 12.7. The molecule has 2 heterocycles. The lowest BCUT2D eigenvalue weighted by Gasteiger charge is -2.33. The van der Waals surface area contributed by atoms with Gasteiger partial charge in [0.25, 0.3) is 0 Å². The molecule has 1 aliphatic heterocycles. The minimum absolute atomic E-state index is 0.0720. The topological polar surface area (TPSA) is 62.3 Å². The molecule has 1 atom stereocenters. The third kappa shape index (κ3) is 4.41. The summed E-state index contributed by atoms with van der Waals surface area (Å²) in [5, 5.41) is 4.10. The third-order valence-electron chi connectivity index (χ3n) is 6.87. The smallest absolute Gasteiger partial charge is 0.228 e. The Hall–Kier alpha value is -2.38. The number of carbonyl (C=O) groups is 2. The van der Waals surface area contributed by atoms with Crippen LogP contribution < -0.4 is 5.32 Å². The van der Waals surface area contributed by atoms with Crippen LogP contribution in [-0.2, 0) is 16.0 Å². The standard InChI is InChI=1S/C25H27N3O2S2/c1-31-18-8-6-17(7-9-18)26-24(30)19-16-25(19)12-14-28(15-13-25)23(29)11-10-22-27-20-4-2-3-5-21(20)32-22/h2-9,19H,10-16H2,1H3,(H,26,30)/t19-/m1/s1. The maximum absolute atomic E-state index is 12.7. The van der Waals surface area contributed by atoms with Gasteiger partial charge in [0.2, 0.25) is 11.8 Å². The summed E-state index contributed by atoms with van der Waals surface area (Å²) in [5.74, 6) is 0.398. The molecule has 2 fully saturated rings. The van der Waals surface area contributed by atoms with Gasteiger partial charge < -0.3 is 10.2 Å². The molecule has 3 aromatic rings. The van der Waals surface area contributed by atoms with Crippen LogP contribution in [0.15, 0.2) is 53.4 Å². The van der Waals surface area contributed by atoms with Gasteiger partial charge >= 0.3 is 0 Å². The van der Waals surface area contributed by atoms with Gasteiger partial charge in [-0.15, -0.1) is 23.1 Å². The van der Waals surface area contributed by atoms with E-state index in [0.29, 0.717) is 12.8 Å². The van der Waals surface area contributed by atoms with E-state index in [1.54, 1.807) is 23.1 Å². The van der Waals surface area contributed by atoms with Crippen molar-refractivity contribution in [2.75, 3.05) is 24.7 Å². The number of aromatic nitrogens is 1. The molecule has 2 aliphatic rings. The molecule has 2 aromatic carbocycles. The second-order valence-corrected chi connectivity index (χ2v) is 10.8. The van der Waals surface area contributed by atoms with Gasteiger partial charge in [-0.05, 0) is 67.3 Å². The minimum Gasteiger partial charge on any atom is -0.343 e. The van der Waals surface area contributed by atoms with Gasteiger partial charge in [-0.2, -0.15) is 0 Å². The number of hydrogen-bond acceptors (Lipinski definition) is 5. The molecule has 0 unspecified atom stereocenters. The number of hydrogen-bond donors (Lipinski definition) is 1. The Bertz CT molecular complexity index is 1100. The quantitative estimate of drug-likeness (QED) is 0.507. The monoisotopic (exact) mass is 465 g/mol. The number of aryl methyl sites for hydroxylation is 1. The van der Waals surface area contributed by atoms with E-state index in [0.717, 1.165) is 48.6 Å². The van der Waals surface area contributed by atoms with Gasteiger partial charge in [-0.25, -0.2) is 4.98 Å². The van der Waals surface area contributed by atoms with Crippen LogP contribution in [0.2, 0.25) is 0 Å². The molecular formula is C25H27N3O2S2. The molecule has 5 rings (SSSR count). The molecule has 166 valence electrons. The van der Waals surface area contributed by atoms with Crippen LogP contribution in [0.3, 0.4) is 0 Å². The Balaban J connectivity index is 1.10. The van der Waals surface area contributed by atoms with E-state index < -0.39 is 0 Å². The van der Waals surface area contributed by atoms with E-state index >= 15 is 0 Å². The van der Waals surface area contributed by atoms with Crippen molar-refractivity contribution in [3.63, 3.8) is 0 Å². The number of thioether (sulfide) groups is 1. The molecule has 5 nitrogen and oxygen atoms in total. The Morgan fingerprint density at radius 3 is 2.62 bits per heavy atom. The number of nitrogens with zero attached hydrogens (tertiary/aromatic N) is 2. The van der Waals surface area contributed by atoms with Gasteiger partial charge in [0.15, 0.2) is 0 Å². The normalized spacial score (nSPS) is 19.3. The fourth-order valence-electron chi connectivity index (χ4n) is 4.77. The average molecular weight is 466 g/mol. The average Bonchev–Trinajstić information content (AvgIpc) is 3.35. The molecule has 32 heavy (non-hydrogen) atoms. The van der Waals surface area contributed by atoms with Crippen molar-refractivity contribution in [3.8, 4) is 0 Å². The SMILES string of the molecule is CSc1ccc(NC(=O)[C@H]2CC23CCN(C(=O)CCc2nc4ccccc4s2)CC3)cc1. The van der Waals surface area contributed by atoms with Crippen LogP contribution in [0.4, 0.5) is 5.69 Å². The number of benzene rings is 2. The zero-order valence-electron chi connectivity index (χ0n) is 18.2. The summed E-state index contributed by atoms with van der Waals surface area (Å²) in [6.07, 6.45) is 6.02. The highest BCUT2D eigenvalue weighted by atomic mass is 32.2. The number of thiazole rings is 1. The zero-order valence-corrected chi connectivity index (χ0v) is 19.8. The number of nitrogens with one attached hydrogen (secondary N) is 1. The van der Waals surface area contributed by atoms with Gasteiger partial charge in [0.05, 0.1) is 15.2 Å². The van der Waals surface area contributed by atoms with Crippen molar-refractivity contribution < 1.29 is 9.59 Å². The minimum atomic E-state index is 0.0720. The Labute approximate surface area is 196 Å². The first-order valence-electron chi connectivity index (χ1n) is 11.1. The molecule has 1 aliphatic carbocycles. The highest BCUT2D eigenvalue weighted by Crippen LogP contribution is 2.59. The molecule has 7 heteroatoms. The molecular weight excluding hydrogens is 438 g/mol. The van der Waals surface area contributed by atoms with Crippen molar-refractivity contribution in [2.24, 2.45) is 11.3 Å². The predicted molar refractivity (Wildman–Crippen MR) is 131 cm³/mol. The first-order chi connectivity index (χ1) is 15.6. The second kappa shape index (κ2) is 8.87. The van der Waals surface area contributed by atoms with E-state index in [1.165, 1.54) is 9.60 Å². The molecule has 0 radical (unpaired) electrons. The number of amides is 2. The second-order valence-electron chi connectivity index (χ2n) is 8.79.